The zero-order valence-electron chi connectivity index (χ0n) is 10.0. The topological polar surface area (TPSA) is 81.4 Å². The number of rotatable bonds is 5. The van der Waals surface area contributed by atoms with Crippen LogP contribution in [-0.2, 0) is 10.0 Å². The maximum atomic E-state index is 13.4. The maximum absolute atomic E-state index is 13.4. The van der Waals surface area contributed by atoms with Crippen LogP contribution in [0.1, 0.15) is 6.92 Å². The molecule has 0 radical (unpaired) electrons. The Morgan fingerprint density at radius 1 is 1.50 bits per heavy atom. The first-order valence-electron chi connectivity index (χ1n) is 4.96. The van der Waals surface area contributed by atoms with Gasteiger partial charge in [-0.15, -0.1) is 12.4 Å². The monoisotopic (exact) mass is 298 g/mol. The lowest BCUT2D eigenvalue weighted by Crippen LogP contribution is -2.37. The van der Waals surface area contributed by atoms with Crippen molar-refractivity contribution in [1.82, 2.24) is 4.72 Å². The Kier molecular flexibility index (Phi) is 6.55. The second-order valence-corrected chi connectivity index (χ2v) is 5.27. The van der Waals surface area contributed by atoms with E-state index in [0.29, 0.717) is 0 Å². The Bertz CT molecular complexity index is 496. The van der Waals surface area contributed by atoms with Crippen molar-refractivity contribution in [2.45, 2.75) is 17.9 Å². The Balaban J connectivity index is 0.00000289. The predicted molar refractivity (Wildman–Crippen MR) is 69.0 cm³/mol. The number of ether oxygens (including phenoxy) is 1. The third kappa shape index (κ3) is 4.09. The molecule has 104 valence electrons. The molecule has 0 spiro atoms. The third-order valence-electron chi connectivity index (χ3n) is 2.14. The van der Waals surface area contributed by atoms with Crippen molar-refractivity contribution in [3.05, 3.63) is 24.0 Å². The third-order valence-corrected chi connectivity index (χ3v) is 3.73. The van der Waals surface area contributed by atoms with Crippen LogP contribution in [0, 0.1) is 5.82 Å². The zero-order valence-corrected chi connectivity index (χ0v) is 11.6. The first-order chi connectivity index (χ1) is 7.90. The highest BCUT2D eigenvalue weighted by Crippen LogP contribution is 2.20. The molecule has 8 heteroatoms. The summed E-state index contributed by atoms with van der Waals surface area (Å²) >= 11 is 0. The molecule has 0 unspecified atom stereocenters. The number of nitrogens with two attached hydrogens (primary N) is 1. The lowest BCUT2D eigenvalue weighted by atomic mass is 10.3. The fraction of sp³-hybridized carbons (Fsp3) is 0.400. The second-order valence-electron chi connectivity index (χ2n) is 3.55. The summed E-state index contributed by atoms with van der Waals surface area (Å²) in [4.78, 5) is -0.156. The first-order valence-corrected chi connectivity index (χ1v) is 6.45. The number of methoxy groups -OCH3 is 1. The van der Waals surface area contributed by atoms with Gasteiger partial charge in [0.05, 0.1) is 12.0 Å². The molecule has 0 fully saturated rings. The van der Waals surface area contributed by atoms with Crippen molar-refractivity contribution >= 4 is 22.4 Å². The molecule has 0 heterocycles. The Morgan fingerprint density at radius 3 is 2.56 bits per heavy atom. The molecule has 1 aromatic rings. The standard InChI is InChI=1S/C10H15FN2O3S.ClH/c1-7(6-12)13-17(14,15)8-3-4-10(16-2)9(11)5-8;/h3-5,7,13H,6,12H2,1-2H3;1H/t7-;/m1./s1. The van der Waals surface area contributed by atoms with Crippen LogP contribution in [0.15, 0.2) is 23.1 Å². The average Bonchev–Trinajstić information content (AvgIpc) is 2.28. The van der Waals surface area contributed by atoms with Crippen LogP contribution in [0.4, 0.5) is 4.39 Å². The van der Waals surface area contributed by atoms with Gasteiger partial charge >= 0.3 is 0 Å². The van der Waals surface area contributed by atoms with Crippen molar-refractivity contribution in [3.63, 3.8) is 0 Å². The Morgan fingerprint density at radius 2 is 2.11 bits per heavy atom. The highest BCUT2D eigenvalue weighted by molar-refractivity contribution is 7.89. The maximum Gasteiger partial charge on any atom is 0.240 e. The van der Waals surface area contributed by atoms with Crippen LogP contribution < -0.4 is 15.2 Å². The molecule has 0 aliphatic rings. The lowest BCUT2D eigenvalue weighted by Gasteiger charge is -2.12. The van der Waals surface area contributed by atoms with E-state index in [2.05, 4.69) is 4.72 Å². The van der Waals surface area contributed by atoms with Crippen molar-refractivity contribution in [2.75, 3.05) is 13.7 Å². The fourth-order valence-corrected chi connectivity index (χ4v) is 2.46. The summed E-state index contributed by atoms with van der Waals surface area (Å²) in [7, 11) is -2.44. The van der Waals surface area contributed by atoms with Crippen LogP contribution in [0.2, 0.25) is 0 Å². The van der Waals surface area contributed by atoms with Crippen LogP contribution in [0.5, 0.6) is 5.75 Å². The van der Waals surface area contributed by atoms with Gasteiger partial charge in [-0.25, -0.2) is 17.5 Å². The molecule has 1 rings (SSSR count). The van der Waals surface area contributed by atoms with Crippen molar-refractivity contribution in [2.24, 2.45) is 5.73 Å². The summed E-state index contributed by atoms with van der Waals surface area (Å²) in [5.74, 6) is -0.730. The van der Waals surface area contributed by atoms with Crippen LogP contribution >= 0.6 is 12.4 Å². The zero-order chi connectivity index (χ0) is 13.1. The van der Waals surface area contributed by atoms with E-state index in [-0.39, 0.29) is 29.6 Å². The summed E-state index contributed by atoms with van der Waals surface area (Å²) in [6.07, 6.45) is 0. The highest BCUT2D eigenvalue weighted by atomic mass is 35.5. The molecule has 0 bridgehead atoms. The van der Waals surface area contributed by atoms with E-state index in [1.807, 2.05) is 0 Å². The Hall–Kier alpha value is -0.890. The number of hydrogen-bond donors (Lipinski definition) is 2. The summed E-state index contributed by atoms with van der Waals surface area (Å²) in [6.45, 7) is 1.79. The van der Waals surface area contributed by atoms with Gasteiger partial charge in [-0.1, -0.05) is 0 Å². The molecule has 3 N–H and O–H groups in total. The van der Waals surface area contributed by atoms with Gasteiger partial charge in [-0.2, -0.15) is 0 Å². The van der Waals surface area contributed by atoms with E-state index < -0.39 is 21.9 Å². The van der Waals surface area contributed by atoms with Gasteiger partial charge in [0.1, 0.15) is 0 Å². The van der Waals surface area contributed by atoms with Crippen molar-refractivity contribution < 1.29 is 17.5 Å². The lowest BCUT2D eigenvalue weighted by molar-refractivity contribution is 0.385. The summed E-state index contributed by atoms with van der Waals surface area (Å²) in [5.41, 5.74) is 5.31. The summed E-state index contributed by atoms with van der Waals surface area (Å²) in [5, 5.41) is 0. The summed E-state index contributed by atoms with van der Waals surface area (Å²) in [6, 6.07) is 3.03. The molecule has 0 aliphatic heterocycles. The average molecular weight is 299 g/mol. The minimum absolute atomic E-state index is 0. The minimum atomic E-state index is -3.74. The molecule has 1 atom stereocenters. The van der Waals surface area contributed by atoms with Gasteiger partial charge in [0.15, 0.2) is 11.6 Å². The quantitative estimate of drug-likeness (QED) is 0.845. The van der Waals surface area contributed by atoms with E-state index in [1.165, 1.54) is 19.2 Å². The van der Waals surface area contributed by atoms with Crippen LogP contribution in [0.25, 0.3) is 0 Å². The molecule has 0 aromatic heterocycles. The fourth-order valence-electron chi connectivity index (χ4n) is 1.20. The SMILES string of the molecule is COc1ccc(S(=O)(=O)N[C@H](C)CN)cc1F.Cl. The van der Waals surface area contributed by atoms with Gasteiger partial charge in [-0.05, 0) is 25.1 Å². The first kappa shape index (κ1) is 17.1. The smallest absolute Gasteiger partial charge is 0.240 e. The molecule has 0 saturated heterocycles. The number of halogens is 2. The van der Waals surface area contributed by atoms with E-state index in [4.69, 9.17) is 10.5 Å². The molecule has 0 saturated carbocycles. The molecule has 18 heavy (non-hydrogen) atoms. The molecule has 0 aliphatic carbocycles. The van der Waals surface area contributed by atoms with Crippen LogP contribution in [0.3, 0.4) is 0 Å². The highest BCUT2D eigenvalue weighted by Gasteiger charge is 2.18. The predicted octanol–water partition coefficient (Wildman–Crippen LogP) is 0.882. The van der Waals surface area contributed by atoms with E-state index >= 15 is 0 Å². The number of hydrogen-bond acceptors (Lipinski definition) is 4. The van der Waals surface area contributed by atoms with E-state index in [9.17, 15) is 12.8 Å². The molecule has 0 amide bonds. The van der Waals surface area contributed by atoms with Gasteiger partial charge in [0.25, 0.3) is 0 Å². The van der Waals surface area contributed by atoms with Crippen molar-refractivity contribution in [1.29, 1.82) is 0 Å². The normalized spacial score (nSPS) is 12.7. The van der Waals surface area contributed by atoms with Gasteiger partial charge in [0.2, 0.25) is 10.0 Å². The summed E-state index contributed by atoms with van der Waals surface area (Å²) < 4.78 is 43.9. The number of sulfonamides is 1. The van der Waals surface area contributed by atoms with E-state index in [1.54, 1.807) is 6.92 Å². The number of benzene rings is 1. The Labute approximate surface area is 112 Å². The van der Waals surface area contributed by atoms with Crippen LogP contribution in [-0.4, -0.2) is 28.1 Å². The van der Waals surface area contributed by atoms with Crippen molar-refractivity contribution in [3.8, 4) is 5.75 Å². The van der Waals surface area contributed by atoms with Gasteiger partial charge in [-0.3, -0.25) is 0 Å². The van der Waals surface area contributed by atoms with Gasteiger partial charge in [0, 0.05) is 12.6 Å². The molecule has 1 aromatic carbocycles. The molecule has 5 nitrogen and oxygen atoms in total. The number of nitrogens with one attached hydrogen (secondary N) is 1. The minimum Gasteiger partial charge on any atom is -0.494 e. The molecular weight excluding hydrogens is 283 g/mol. The van der Waals surface area contributed by atoms with E-state index in [0.717, 1.165) is 6.07 Å². The second kappa shape index (κ2) is 6.89. The largest absolute Gasteiger partial charge is 0.494 e. The molecular formula is C10H16ClFN2O3S. The van der Waals surface area contributed by atoms with Gasteiger partial charge < -0.3 is 10.5 Å².